The predicted molar refractivity (Wildman–Crippen MR) is 122 cm³/mol. The van der Waals surface area contributed by atoms with Crippen LogP contribution >= 0.6 is 11.8 Å². The lowest BCUT2D eigenvalue weighted by Crippen LogP contribution is -2.40. The summed E-state index contributed by atoms with van der Waals surface area (Å²) in [7, 11) is 0. The molecule has 0 aromatic heterocycles. The molecule has 0 amide bonds. The van der Waals surface area contributed by atoms with Gasteiger partial charge in [0.2, 0.25) is 0 Å². The van der Waals surface area contributed by atoms with Crippen molar-refractivity contribution in [1.82, 2.24) is 4.90 Å². The molecule has 2 atom stereocenters. The van der Waals surface area contributed by atoms with Crippen LogP contribution in [0.3, 0.4) is 0 Å². The lowest BCUT2D eigenvalue weighted by molar-refractivity contribution is -0.137. The number of aliphatic hydroxyl groups excluding tert-OH is 1. The van der Waals surface area contributed by atoms with Gasteiger partial charge in [-0.15, -0.1) is 0 Å². The summed E-state index contributed by atoms with van der Waals surface area (Å²) in [5.41, 5.74) is 2.72. The van der Waals surface area contributed by atoms with Gasteiger partial charge in [0.1, 0.15) is 5.82 Å². The quantitative estimate of drug-likeness (QED) is 0.413. The van der Waals surface area contributed by atoms with Gasteiger partial charge in [0.15, 0.2) is 0 Å². The van der Waals surface area contributed by atoms with Crippen LogP contribution < -0.4 is 0 Å². The monoisotopic (exact) mass is 477 g/mol. The third-order valence-corrected chi connectivity index (χ3v) is 8.32. The third kappa shape index (κ3) is 4.73. The van der Waals surface area contributed by atoms with E-state index in [4.69, 9.17) is 0 Å². The number of halogens is 4. The Balaban J connectivity index is 1.47. The number of hydrogen-bond donors (Lipinski definition) is 1. The van der Waals surface area contributed by atoms with Gasteiger partial charge in [-0.1, -0.05) is 36.2 Å². The highest BCUT2D eigenvalue weighted by molar-refractivity contribution is 7.99. The molecule has 0 radical (unpaired) electrons. The number of piperidine rings is 1. The molecule has 1 saturated carbocycles. The SMILES string of the molecule is O[C@H]1CCCC[C@H]1CN1CCC(=C2c3ccc(F)cc3Sc3ccc(C(F)(F)F)cc32)CC1. The zero-order valence-electron chi connectivity index (χ0n) is 18.3. The minimum atomic E-state index is -4.41. The number of likely N-dealkylation sites (tertiary alicyclic amines) is 1. The fourth-order valence-corrected chi connectivity index (χ4v) is 6.51. The van der Waals surface area contributed by atoms with Crippen molar-refractivity contribution in [3.63, 3.8) is 0 Å². The fourth-order valence-electron chi connectivity index (χ4n) is 5.41. The summed E-state index contributed by atoms with van der Waals surface area (Å²) < 4.78 is 54.4. The van der Waals surface area contributed by atoms with E-state index in [1.54, 1.807) is 6.07 Å². The smallest absolute Gasteiger partial charge is 0.393 e. The van der Waals surface area contributed by atoms with Crippen molar-refractivity contribution in [3.8, 4) is 0 Å². The Morgan fingerprint density at radius 1 is 0.939 bits per heavy atom. The molecule has 5 rings (SSSR count). The van der Waals surface area contributed by atoms with E-state index in [2.05, 4.69) is 4.90 Å². The fraction of sp³-hybridized carbons (Fsp3) is 0.462. The van der Waals surface area contributed by atoms with Gasteiger partial charge in [-0.3, -0.25) is 0 Å². The van der Waals surface area contributed by atoms with Gasteiger partial charge in [0.05, 0.1) is 11.7 Å². The summed E-state index contributed by atoms with van der Waals surface area (Å²) >= 11 is 1.33. The third-order valence-electron chi connectivity index (χ3n) is 7.18. The first-order valence-corrected chi connectivity index (χ1v) is 12.4. The van der Waals surface area contributed by atoms with Crippen LogP contribution in [-0.2, 0) is 6.18 Å². The zero-order chi connectivity index (χ0) is 23.2. The normalized spacial score (nSPS) is 23.9. The molecule has 0 unspecified atom stereocenters. The minimum absolute atomic E-state index is 0.233. The molecule has 7 heteroatoms. The van der Waals surface area contributed by atoms with Crippen LogP contribution in [0.15, 0.2) is 51.8 Å². The van der Waals surface area contributed by atoms with E-state index in [0.29, 0.717) is 11.5 Å². The van der Waals surface area contributed by atoms with Crippen LogP contribution in [0.1, 0.15) is 55.2 Å². The molecule has 1 N–H and O–H groups in total. The summed E-state index contributed by atoms with van der Waals surface area (Å²) in [6, 6.07) is 8.43. The van der Waals surface area contributed by atoms with Gasteiger partial charge in [-0.25, -0.2) is 4.39 Å². The Hall–Kier alpha value is -1.83. The molecule has 0 spiro atoms. The average Bonchev–Trinajstić information content (AvgIpc) is 2.78. The van der Waals surface area contributed by atoms with Gasteiger partial charge < -0.3 is 10.0 Å². The highest BCUT2D eigenvalue weighted by atomic mass is 32.2. The summed E-state index contributed by atoms with van der Waals surface area (Å²) in [4.78, 5) is 3.85. The molecule has 0 bridgehead atoms. The number of hydrogen-bond acceptors (Lipinski definition) is 3. The average molecular weight is 478 g/mol. The van der Waals surface area contributed by atoms with Gasteiger partial charge >= 0.3 is 6.18 Å². The van der Waals surface area contributed by atoms with Crippen LogP contribution in [0.25, 0.3) is 5.57 Å². The molecule has 1 aliphatic carbocycles. The van der Waals surface area contributed by atoms with Crippen molar-refractivity contribution in [2.75, 3.05) is 19.6 Å². The van der Waals surface area contributed by atoms with E-state index >= 15 is 0 Å². The molecule has 176 valence electrons. The maximum atomic E-state index is 14.0. The van der Waals surface area contributed by atoms with E-state index in [1.165, 1.54) is 36.0 Å². The van der Waals surface area contributed by atoms with Crippen molar-refractivity contribution >= 4 is 17.3 Å². The maximum absolute atomic E-state index is 14.0. The van der Waals surface area contributed by atoms with E-state index in [0.717, 1.165) is 90.7 Å². The number of nitrogens with zero attached hydrogens (tertiary/aromatic N) is 1. The lowest BCUT2D eigenvalue weighted by atomic mass is 9.84. The molecular weight excluding hydrogens is 450 g/mol. The van der Waals surface area contributed by atoms with Crippen LogP contribution in [0, 0.1) is 11.7 Å². The highest BCUT2D eigenvalue weighted by Crippen LogP contribution is 2.49. The first kappa shape index (κ1) is 22.9. The molecule has 2 aromatic rings. The van der Waals surface area contributed by atoms with Gasteiger partial charge in [-0.05, 0) is 78.6 Å². The van der Waals surface area contributed by atoms with Gasteiger partial charge in [0.25, 0.3) is 0 Å². The Labute approximate surface area is 195 Å². The molecule has 2 aromatic carbocycles. The van der Waals surface area contributed by atoms with Crippen LogP contribution in [0.5, 0.6) is 0 Å². The molecule has 2 heterocycles. The summed E-state index contributed by atoms with van der Waals surface area (Å²) in [5, 5.41) is 10.3. The van der Waals surface area contributed by atoms with E-state index in [1.807, 2.05) is 0 Å². The Morgan fingerprint density at radius 3 is 2.42 bits per heavy atom. The Bertz CT molecular complexity index is 1070. The van der Waals surface area contributed by atoms with Crippen LogP contribution in [-0.4, -0.2) is 35.7 Å². The first-order valence-electron chi connectivity index (χ1n) is 11.6. The van der Waals surface area contributed by atoms with Crippen molar-refractivity contribution in [2.24, 2.45) is 5.92 Å². The Kier molecular flexibility index (Phi) is 6.31. The number of aliphatic hydroxyl groups is 1. The molecule has 1 saturated heterocycles. The summed E-state index contributed by atoms with van der Waals surface area (Å²) in [6.07, 6.45) is 1.04. The Morgan fingerprint density at radius 2 is 1.70 bits per heavy atom. The van der Waals surface area contributed by atoms with E-state index in [9.17, 15) is 22.7 Å². The number of rotatable bonds is 2. The van der Waals surface area contributed by atoms with Crippen molar-refractivity contribution < 1.29 is 22.7 Å². The van der Waals surface area contributed by atoms with Crippen molar-refractivity contribution in [3.05, 3.63) is 64.5 Å². The highest BCUT2D eigenvalue weighted by Gasteiger charge is 2.34. The van der Waals surface area contributed by atoms with Gasteiger partial charge in [0, 0.05) is 29.4 Å². The standard InChI is InChI=1S/C26H27F4NOS/c27-19-6-7-20-24(14-19)33-23-8-5-18(26(28,29)30)13-21(23)25(20)16-9-11-31(12-10-16)15-17-3-1-2-4-22(17)32/h5-8,13-14,17,22,32H,1-4,9-12,15H2/t17-,22-/m0/s1. The second-order valence-electron chi connectivity index (χ2n) is 9.34. The van der Waals surface area contributed by atoms with E-state index in [-0.39, 0.29) is 11.9 Å². The molecular formula is C26H27F4NOS. The summed E-state index contributed by atoms with van der Waals surface area (Å²) in [5.74, 6) is -0.0420. The summed E-state index contributed by atoms with van der Waals surface area (Å²) in [6.45, 7) is 2.51. The van der Waals surface area contributed by atoms with Crippen molar-refractivity contribution in [1.29, 1.82) is 0 Å². The second kappa shape index (κ2) is 9.08. The number of benzene rings is 2. The second-order valence-corrected chi connectivity index (χ2v) is 10.4. The number of alkyl halides is 3. The van der Waals surface area contributed by atoms with Crippen LogP contribution in [0.4, 0.5) is 17.6 Å². The molecule has 2 nitrogen and oxygen atoms in total. The zero-order valence-corrected chi connectivity index (χ0v) is 19.1. The first-order chi connectivity index (χ1) is 15.8. The maximum Gasteiger partial charge on any atom is 0.416 e. The molecule has 2 aliphatic heterocycles. The lowest BCUT2D eigenvalue weighted by Gasteiger charge is -2.36. The predicted octanol–water partition coefficient (Wildman–Crippen LogP) is 6.76. The molecule has 3 aliphatic rings. The van der Waals surface area contributed by atoms with Gasteiger partial charge in [-0.2, -0.15) is 13.2 Å². The van der Waals surface area contributed by atoms with E-state index < -0.39 is 11.7 Å². The largest absolute Gasteiger partial charge is 0.416 e. The number of fused-ring (bicyclic) bond motifs is 2. The van der Waals surface area contributed by atoms with Crippen molar-refractivity contribution in [2.45, 2.75) is 60.6 Å². The molecule has 2 fully saturated rings. The topological polar surface area (TPSA) is 23.5 Å². The minimum Gasteiger partial charge on any atom is -0.393 e. The molecule has 33 heavy (non-hydrogen) atoms. The van der Waals surface area contributed by atoms with Crippen LogP contribution in [0.2, 0.25) is 0 Å².